The van der Waals surface area contributed by atoms with E-state index in [1.54, 1.807) is 0 Å². The van der Waals surface area contributed by atoms with Gasteiger partial charge in [-0.15, -0.1) is 0 Å². The van der Waals surface area contributed by atoms with Crippen LogP contribution in [0.3, 0.4) is 0 Å². The molecule has 1 amide bonds. The van der Waals surface area contributed by atoms with Gasteiger partial charge in [0.05, 0.1) is 0 Å². The molecule has 5 heteroatoms. The molecule has 0 bridgehead atoms. The van der Waals surface area contributed by atoms with Gasteiger partial charge in [0.1, 0.15) is 11.6 Å². The van der Waals surface area contributed by atoms with Crippen LogP contribution in [-0.2, 0) is 11.2 Å². The van der Waals surface area contributed by atoms with Gasteiger partial charge in [-0.05, 0) is 39.0 Å². The summed E-state index contributed by atoms with van der Waals surface area (Å²) in [6, 6.07) is 11.8. The third-order valence-corrected chi connectivity index (χ3v) is 3.08. The first-order valence-electron chi connectivity index (χ1n) is 7.44. The molecule has 5 nitrogen and oxygen atoms in total. The van der Waals surface area contributed by atoms with Gasteiger partial charge in [0.2, 0.25) is 0 Å². The number of nitriles is 1. The molecule has 0 unspecified atom stereocenters. The van der Waals surface area contributed by atoms with Crippen molar-refractivity contribution >= 4 is 5.91 Å². The minimum absolute atomic E-state index is 0.109. The zero-order valence-electron chi connectivity index (χ0n) is 13.3. The Morgan fingerprint density at radius 3 is 2.64 bits per heavy atom. The molecule has 0 atom stereocenters. The van der Waals surface area contributed by atoms with Crippen LogP contribution in [0.2, 0.25) is 0 Å². The molecular weight excluding hydrogens is 276 g/mol. The van der Waals surface area contributed by atoms with Gasteiger partial charge in [-0.2, -0.15) is 5.26 Å². The topological polar surface area (TPSA) is 68.2 Å². The molecule has 0 aliphatic carbocycles. The predicted molar refractivity (Wildman–Crippen MR) is 88.0 cm³/mol. The first kappa shape index (κ1) is 17.7. The van der Waals surface area contributed by atoms with Crippen molar-refractivity contribution in [3.63, 3.8) is 0 Å². The molecule has 0 spiro atoms. The van der Waals surface area contributed by atoms with Crippen molar-refractivity contribution in [2.45, 2.75) is 12.8 Å². The third-order valence-electron chi connectivity index (χ3n) is 3.08. The summed E-state index contributed by atoms with van der Waals surface area (Å²) in [4.78, 5) is 14.0. The average Bonchev–Trinajstić information content (AvgIpc) is 2.51. The van der Waals surface area contributed by atoms with Crippen molar-refractivity contribution < 1.29 is 4.79 Å². The lowest BCUT2D eigenvalue weighted by Gasteiger charge is -2.09. The Balaban J connectivity index is 2.30. The summed E-state index contributed by atoms with van der Waals surface area (Å²) in [7, 11) is 4.02. The van der Waals surface area contributed by atoms with Crippen molar-refractivity contribution in [3.05, 3.63) is 47.7 Å². The maximum Gasteiger partial charge on any atom is 0.263 e. The van der Waals surface area contributed by atoms with E-state index in [9.17, 15) is 4.79 Å². The minimum atomic E-state index is -0.335. The van der Waals surface area contributed by atoms with E-state index in [0.29, 0.717) is 6.54 Å². The van der Waals surface area contributed by atoms with E-state index < -0.39 is 0 Å². The molecule has 0 aromatic heterocycles. The lowest BCUT2D eigenvalue weighted by Crippen LogP contribution is -2.28. The Kier molecular flexibility index (Phi) is 8.39. The number of nitrogens with one attached hydrogen (secondary N) is 2. The summed E-state index contributed by atoms with van der Waals surface area (Å²) < 4.78 is 0. The monoisotopic (exact) mass is 300 g/mol. The molecule has 2 N–H and O–H groups in total. The number of carbonyl (C=O) groups excluding carboxylic acids is 1. The Bertz CT molecular complexity index is 517. The second kappa shape index (κ2) is 10.4. The first-order valence-corrected chi connectivity index (χ1v) is 7.44. The van der Waals surface area contributed by atoms with Crippen LogP contribution in [0.1, 0.15) is 12.0 Å². The molecule has 1 aromatic carbocycles. The molecule has 0 aliphatic heterocycles. The van der Waals surface area contributed by atoms with Crippen molar-refractivity contribution in [1.82, 2.24) is 15.5 Å². The molecule has 0 radical (unpaired) electrons. The van der Waals surface area contributed by atoms with E-state index in [4.69, 9.17) is 5.26 Å². The number of rotatable bonds is 9. The fourth-order valence-corrected chi connectivity index (χ4v) is 1.88. The van der Waals surface area contributed by atoms with Crippen LogP contribution in [-0.4, -0.2) is 44.5 Å². The average molecular weight is 300 g/mol. The van der Waals surface area contributed by atoms with Crippen LogP contribution in [0.25, 0.3) is 0 Å². The fourth-order valence-electron chi connectivity index (χ4n) is 1.88. The zero-order chi connectivity index (χ0) is 16.2. The summed E-state index contributed by atoms with van der Waals surface area (Å²) in [6.45, 7) is 2.22. The van der Waals surface area contributed by atoms with Crippen molar-refractivity contribution in [1.29, 1.82) is 5.26 Å². The standard InChI is InChI=1S/C17H24N4O/c1-21(2)12-6-10-19-14-16(13-18)17(22)20-11-9-15-7-4-3-5-8-15/h3-5,7-8,14,19H,6,9-12H2,1-2H3,(H,20,22)/b16-14-. The summed E-state index contributed by atoms with van der Waals surface area (Å²) in [6.07, 6.45) is 3.20. The number of carbonyl (C=O) groups is 1. The smallest absolute Gasteiger partial charge is 0.263 e. The van der Waals surface area contributed by atoms with Crippen LogP contribution in [0, 0.1) is 11.3 Å². The molecule has 0 fully saturated rings. The van der Waals surface area contributed by atoms with Gasteiger partial charge in [0, 0.05) is 19.3 Å². The number of hydrogen-bond donors (Lipinski definition) is 2. The number of amides is 1. The van der Waals surface area contributed by atoms with E-state index in [-0.39, 0.29) is 11.5 Å². The fraction of sp³-hybridized carbons (Fsp3) is 0.412. The molecular formula is C17H24N4O. The normalized spacial score (nSPS) is 11.1. The minimum Gasteiger partial charge on any atom is -0.390 e. The molecule has 0 heterocycles. The van der Waals surface area contributed by atoms with Crippen LogP contribution >= 0.6 is 0 Å². The number of benzene rings is 1. The summed E-state index contributed by atoms with van der Waals surface area (Å²) >= 11 is 0. The second-order valence-electron chi connectivity index (χ2n) is 5.27. The molecule has 0 saturated carbocycles. The lowest BCUT2D eigenvalue weighted by molar-refractivity contribution is -0.117. The second-order valence-corrected chi connectivity index (χ2v) is 5.27. The molecule has 0 saturated heterocycles. The van der Waals surface area contributed by atoms with E-state index in [1.165, 1.54) is 6.20 Å². The lowest BCUT2D eigenvalue weighted by atomic mass is 10.1. The van der Waals surface area contributed by atoms with Crippen LogP contribution in [0.5, 0.6) is 0 Å². The van der Waals surface area contributed by atoms with Gasteiger partial charge in [-0.3, -0.25) is 4.79 Å². The quantitative estimate of drug-likeness (QED) is 0.410. The van der Waals surface area contributed by atoms with Crippen molar-refractivity contribution in [2.24, 2.45) is 0 Å². The Morgan fingerprint density at radius 1 is 1.27 bits per heavy atom. The van der Waals surface area contributed by atoms with Gasteiger partial charge in [0.25, 0.3) is 5.91 Å². The van der Waals surface area contributed by atoms with Gasteiger partial charge < -0.3 is 15.5 Å². The highest BCUT2D eigenvalue weighted by Crippen LogP contribution is 1.98. The molecule has 0 aliphatic rings. The van der Waals surface area contributed by atoms with E-state index >= 15 is 0 Å². The number of hydrogen-bond acceptors (Lipinski definition) is 4. The third kappa shape index (κ3) is 7.46. The van der Waals surface area contributed by atoms with Gasteiger partial charge in [0.15, 0.2) is 0 Å². The first-order chi connectivity index (χ1) is 10.6. The SMILES string of the molecule is CN(C)CCCN/C=C(/C#N)C(=O)NCCc1ccccc1. The molecule has 118 valence electrons. The van der Waals surface area contributed by atoms with Gasteiger partial charge >= 0.3 is 0 Å². The van der Waals surface area contributed by atoms with Crippen LogP contribution in [0.15, 0.2) is 42.1 Å². The van der Waals surface area contributed by atoms with E-state index in [0.717, 1.165) is 31.5 Å². The Morgan fingerprint density at radius 2 is 2.00 bits per heavy atom. The highest BCUT2D eigenvalue weighted by atomic mass is 16.1. The summed E-state index contributed by atoms with van der Waals surface area (Å²) in [5.41, 5.74) is 1.27. The van der Waals surface area contributed by atoms with E-state index in [1.807, 2.05) is 50.5 Å². The highest BCUT2D eigenvalue weighted by Gasteiger charge is 2.07. The highest BCUT2D eigenvalue weighted by molar-refractivity contribution is 5.97. The summed E-state index contributed by atoms with van der Waals surface area (Å²) in [5.74, 6) is -0.335. The molecule has 1 aromatic rings. The Hall–Kier alpha value is -2.32. The maximum atomic E-state index is 11.9. The van der Waals surface area contributed by atoms with Crippen LogP contribution < -0.4 is 10.6 Å². The molecule has 1 rings (SSSR count). The van der Waals surface area contributed by atoms with Crippen molar-refractivity contribution in [2.75, 3.05) is 33.7 Å². The Labute approximate surface area is 132 Å². The maximum absolute atomic E-state index is 11.9. The van der Waals surface area contributed by atoms with Gasteiger partial charge in [-0.1, -0.05) is 30.3 Å². The van der Waals surface area contributed by atoms with Crippen molar-refractivity contribution in [3.8, 4) is 6.07 Å². The summed E-state index contributed by atoms with van der Waals surface area (Å²) in [5, 5.41) is 14.8. The molecule has 22 heavy (non-hydrogen) atoms. The van der Waals surface area contributed by atoms with Crippen LogP contribution in [0.4, 0.5) is 0 Å². The van der Waals surface area contributed by atoms with Gasteiger partial charge in [-0.25, -0.2) is 0 Å². The van der Waals surface area contributed by atoms with E-state index in [2.05, 4.69) is 15.5 Å². The largest absolute Gasteiger partial charge is 0.390 e. The zero-order valence-corrected chi connectivity index (χ0v) is 13.3. The predicted octanol–water partition coefficient (Wildman–Crippen LogP) is 1.29. The number of nitrogens with zero attached hydrogens (tertiary/aromatic N) is 2.